The van der Waals surface area contributed by atoms with Gasteiger partial charge in [-0.1, -0.05) is 52.0 Å². The van der Waals surface area contributed by atoms with E-state index in [0.717, 1.165) is 18.9 Å². The summed E-state index contributed by atoms with van der Waals surface area (Å²) in [4.78, 5) is 22.6. The van der Waals surface area contributed by atoms with Gasteiger partial charge in [-0.25, -0.2) is 4.79 Å². The van der Waals surface area contributed by atoms with Crippen LogP contribution >= 0.6 is 0 Å². The zero-order valence-corrected chi connectivity index (χ0v) is 30.2. The Balaban J connectivity index is 3.11. The molecule has 0 amide bonds. The number of ether oxygens (including phenoxy) is 12. The van der Waals surface area contributed by atoms with Crippen molar-refractivity contribution in [2.45, 2.75) is 58.3 Å². The largest absolute Gasteiger partial charge is 0.463 e. The standard InChI is InChI=1S/C35H66O14/c1-3-5-6-7-8-9-10-11-35(37)49-33-31-47-29-27-45-25-23-43-21-19-41-17-15-39-13-12-38-14-16-40-18-20-42-22-24-44-26-28-46-30-32-48-34(36)4-2/h4H,2-3,5-33H2,1H3. The van der Waals surface area contributed by atoms with Crippen LogP contribution in [0.1, 0.15) is 58.3 Å². The van der Waals surface area contributed by atoms with E-state index in [9.17, 15) is 9.59 Å². The molecule has 0 fully saturated rings. The molecule has 49 heavy (non-hydrogen) atoms. The lowest BCUT2D eigenvalue weighted by Crippen LogP contribution is -2.15. The molecule has 14 heteroatoms. The summed E-state index contributed by atoms with van der Waals surface area (Å²) in [7, 11) is 0. The van der Waals surface area contributed by atoms with Gasteiger partial charge in [0.15, 0.2) is 0 Å². The van der Waals surface area contributed by atoms with Gasteiger partial charge in [-0.2, -0.15) is 0 Å². The molecule has 0 aromatic rings. The molecule has 14 nitrogen and oxygen atoms in total. The van der Waals surface area contributed by atoms with E-state index in [1.54, 1.807) is 0 Å². The predicted octanol–water partition coefficient (Wildman–Crippen LogP) is 3.57. The van der Waals surface area contributed by atoms with Gasteiger partial charge in [0.1, 0.15) is 13.2 Å². The van der Waals surface area contributed by atoms with Gasteiger partial charge in [0, 0.05) is 12.5 Å². The van der Waals surface area contributed by atoms with E-state index in [4.69, 9.17) is 56.8 Å². The van der Waals surface area contributed by atoms with Crippen molar-refractivity contribution in [3.05, 3.63) is 12.7 Å². The van der Waals surface area contributed by atoms with E-state index >= 15 is 0 Å². The van der Waals surface area contributed by atoms with Gasteiger partial charge in [0.25, 0.3) is 0 Å². The molecule has 0 unspecified atom stereocenters. The van der Waals surface area contributed by atoms with Crippen molar-refractivity contribution in [3.63, 3.8) is 0 Å². The molecular weight excluding hydrogens is 644 g/mol. The fourth-order valence-corrected chi connectivity index (χ4v) is 3.85. The quantitative estimate of drug-likeness (QED) is 0.0517. The van der Waals surface area contributed by atoms with Crippen molar-refractivity contribution in [1.82, 2.24) is 0 Å². The molecule has 0 saturated heterocycles. The smallest absolute Gasteiger partial charge is 0.330 e. The molecule has 0 aliphatic heterocycles. The minimum Gasteiger partial charge on any atom is -0.463 e. The third kappa shape index (κ3) is 42.4. The fourth-order valence-electron chi connectivity index (χ4n) is 3.85. The summed E-state index contributed by atoms with van der Waals surface area (Å²) >= 11 is 0. The van der Waals surface area contributed by atoms with Gasteiger partial charge < -0.3 is 56.8 Å². The first-order valence-corrected chi connectivity index (χ1v) is 17.9. The van der Waals surface area contributed by atoms with Crippen LogP contribution in [0.15, 0.2) is 12.7 Å². The number of hydrogen-bond donors (Lipinski definition) is 0. The normalized spacial score (nSPS) is 11.2. The first kappa shape index (κ1) is 47.3. The SMILES string of the molecule is C=CC(=O)OCCOCCOCCOCCOCCOCCOCCOCCOCCOCCOCCOC(=O)CCCCCCCCC. The number of rotatable bonds is 42. The number of carbonyl (C=O) groups excluding carboxylic acids is 2. The molecule has 0 aliphatic carbocycles. The van der Waals surface area contributed by atoms with E-state index in [-0.39, 0.29) is 19.2 Å². The van der Waals surface area contributed by atoms with Gasteiger partial charge >= 0.3 is 11.9 Å². The lowest BCUT2D eigenvalue weighted by Gasteiger charge is -2.09. The number of carbonyl (C=O) groups is 2. The molecule has 0 aromatic carbocycles. The molecule has 0 atom stereocenters. The fraction of sp³-hybridized carbons (Fsp3) is 0.886. The van der Waals surface area contributed by atoms with Crippen LogP contribution in [-0.4, -0.2) is 157 Å². The highest BCUT2D eigenvalue weighted by Gasteiger charge is 2.03. The second-order valence-electron chi connectivity index (χ2n) is 10.6. The average Bonchev–Trinajstić information content (AvgIpc) is 3.11. The molecule has 0 saturated carbocycles. The highest BCUT2D eigenvalue weighted by Crippen LogP contribution is 2.08. The number of esters is 2. The Bertz CT molecular complexity index is 697. The summed E-state index contributed by atoms with van der Waals surface area (Å²) in [6.45, 7) is 15.2. The highest BCUT2D eigenvalue weighted by atomic mass is 16.6. The number of unbranched alkanes of at least 4 members (excludes halogenated alkanes) is 6. The highest BCUT2D eigenvalue weighted by molar-refractivity contribution is 5.81. The lowest BCUT2D eigenvalue weighted by molar-refractivity contribution is -0.145. The van der Waals surface area contributed by atoms with E-state index in [1.165, 1.54) is 32.1 Å². The summed E-state index contributed by atoms with van der Waals surface area (Å²) in [5.41, 5.74) is 0. The minimum absolute atomic E-state index is 0.145. The Morgan fingerprint density at radius 1 is 0.388 bits per heavy atom. The van der Waals surface area contributed by atoms with Crippen molar-refractivity contribution in [1.29, 1.82) is 0 Å². The summed E-state index contributed by atoms with van der Waals surface area (Å²) in [6, 6.07) is 0. The molecule has 0 aliphatic rings. The van der Waals surface area contributed by atoms with Crippen LogP contribution in [0, 0.1) is 0 Å². The van der Waals surface area contributed by atoms with Crippen molar-refractivity contribution < 1.29 is 66.4 Å². The van der Waals surface area contributed by atoms with E-state index in [1.807, 2.05) is 0 Å². The maximum atomic E-state index is 11.7. The molecule has 0 heterocycles. The van der Waals surface area contributed by atoms with Crippen molar-refractivity contribution in [2.75, 3.05) is 145 Å². The summed E-state index contributed by atoms with van der Waals surface area (Å²) in [5.74, 6) is -0.606. The van der Waals surface area contributed by atoms with Crippen LogP contribution in [0.2, 0.25) is 0 Å². The Labute approximate surface area is 294 Å². The van der Waals surface area contributed by atoms with Gasteiger partial charge in [-0.3, -0.25) is 4.79 Å². The molecular formula is C35H66O14. The van der Waals surface area contributed by atoms with Gasteiger partial charge in [0.2, 0.25) is 0 Å². The van der Waals surface area contributed by atoms with Crippen LogP contribution < -0.4 is 0 Å². The van der Waals surface area contributed by atoms with Crippen LogP contribution in [-0.2, 0) is 66.4 Å². The van der Waals surface area contributed by atoms with Gasteiger partial charge in [0.05, 0.1) is 132 Å². The van der Waals surface area contributed by atoms with Gasteiger partial charge in [-0.15, -0.1) is 0 Å². The van der Waals surface area contributed by atoms with E-state index < -0.39 is 5.97 Å². The van der Waals surface area contributed by atoms with Crippen LogP contribution in [0.5, 0.6) is 0 Å². The van der Waals surface area contributed by atoms with Crippen molar-refractivity contribution >= 4 is 11.9 Å². The lowest BCUT2D eigenvalue weighted by atomic mass is 10.1. The Morgan fingerprint density at radius 3 is 0.959 bits per heavy atom. The zero-order chi connectivity index (χ0) is 35.6. The van der Waals surface area contributed by atoms with Crippen molar-refractivity contribution in [2.24, 2.45) is 0 Å². The van der Waals surface area contributed by atoms with Crippen LogP contribution in [0.4, 0.5) is 0 Å². The Morgan fingerprint density at radius 2 is 0.653 bits per heavy atom. The van der Waals surface area contributed by atoms with E-state index in [2.05, 4.69) is 13.5 Å². The minimum atomic E-state index is -0.461. The summed E-state index contributed by atoms with van der Waals surface area (Å²) in [6.07, 6.45) is 9.88. The van der Waals surface area contributed by atoms with Crippen molar-refractivity contribution in [3.8, 4) is 0 Å². The molecule has 0 N–H and O–H groups in total. The predicted molar refractivity (Wildman–Crippen MR) is 183 cm³/mol. The molecule has 290 valence electrons. The maximum absolute atomic E-state index is 11.7. The average molecular weight is 711 g/mol. The molecule has 0 spiro atoms. The first-order chi connectivity index (χ1) is 24.2. The molecule has 0 aromatic heterocycles. The second-order valence-corrected chi connectivity index (χ2v) is 10.6. The maximum Gasteiger partial charge on any atom is 0.330 e. The van der Waals surface area contributed by atoms with Crippen LogP contribution in [0.25, 0.3) is 0 Å². The topological polar surface area (TPSA) is 145 Å². The Kier molecular flexibility index (Phi) is 41.0. The summed E-state index contributed by atoms with van der Waals surface area (Å²) < 4.78 is 64.3. The third-order valence-electron chi connectivity index (χ3n) is 6.46. The van der Waals surface area contributed by atoms with E-state index in [0.29, 0.717) is 139 Å². The molecule has 0 bridgehead atoms. The molecule has 0 radical (unpaired) electrons. The third-order valence-corrected chi connectivity index (χ3v) is 6.46. The second kappa shape index (κ2) is 42.4. The molecule has 0 rings (SSSR count). The first-order valence-electron chi connectivity index (χ1n) is 17.9. The van der Waals surface area contributed by atoms with Gasteiger partial charge in [-0.05, 0) is 6.42 Å². The zero-order valence-electron chi connectivity index (χ0n) is 30.2. The summed E-state index contributed by atoms with van der Waals surface area (Å²) in [5, 5.41) is 0. The number of hydrogen-bond acceptors (Lipinski definition) is 14. The van der Waals surface area contributed by atoms with Crippen LogP contribution in [0.3, 0.4) is 0 Å². The Hall–Kier alpha value is -1.72. The monoisotopic (exact) mass is 710 g/mol.